The maximum absolute atomic E-state index is 14.4. The van der Waals surface area contributed by atoms with Crippen LogP contribution in [0, 0.1) is 17.5 Å². The molecule has 250 valence electrons. The maximum atomic E-state index is 14.4. The molecule has 1 heterocycles. The van der Waals surface area contributed by atoms with E-state index in [2.05, 4.69) is 10.1 Å². The minimum absolute atomic E-state index is 0.152. The number of carbonyl (C=O) groups excluding carboxylic acids is 1. The van der Waals surface area contributed by atoms with Crippen LogP contribution in [0.1, 0.15) is 36.5 Å². The lowest BCUT2D eigenvalue weighted by Crippen LogP contribution is -2.56. The number of alkyl halides is 6. The van der Waals surface area contributed by atoms with Crippen LogP contribution in [0.3, 0.4) is 0 Å². The highest BCUT2D eigenvalue weighted by Crippen LogP contribution is 2.54. The topological polar surface area (TPSA) is 75.7 Å². The Bertz CT molecular complexity index is 1620. The van der Waals surface area contributed by atoms with E-state index < -0.39 is 73.8 Å². The lowest BCUT2D eigenvalue weighted by molar-refractivity contribution is -0.392. The van der Waals surface area contributed by atoms with Crippen molar-refractivity contribution in [2.75, 3.05) is 19.6 Å². The van der Waals surface area contributed by atoms with Gasteiger partial charge in [-0.1, -0.05) is 30.3 Å². The number of halogens is 9. The number of urea groups is 1. The van der Waals surface area contributed by atoms with Gasteiger partial charge in [0.25, 0.3) is 5.60 Å². The highest BCUT2D eigenvalue weighted by molar-refractivity contribution is 7.92. The van der Waals surface area contributed by atoms with Gasteiger partial charge < -0.3 is 15.0 Å². The van der Waals surface area contributed by atoms with Crippen molar-refractivity contribution < 1.29 is 57.5 Å². The number of hydrogen-bond acceptors (Lipinski definition) is 4. The van der Waals surface area contributed by atoms with Gasteiger partial charge in [0, 0.05) is 30.8 Å². The summed E-state index contributed by atoms with van der Waals surface area (Å²) in [4.78, 5) is 13.4. The lowest BCUT2D eigenvalue weighted by atomic mass is 9.85. The van der Waals surface area contributed by atoms with Gasteiger partial charge in [-0.3, -0.25) is 0 Å². The second-order valence-corrected chi connectivity index (χ2v) is 12.8. The summed E-state index contributed by atoms with van der Waals surface area (Å²) in [5, 5.41) is 2.56. The van der Waals surface area contributed by atoms with Crippen molar-refractivity contribution >= 4 is 15.9 Å². The van der Waals surface area contributed by atoms with Crippen molar-refractivity contribution in [1.82, 2.24) is 10.2 Å². The molecule has 6 nitrogen and oxygen atoms in total. The number of carbonyl (C=O) groups is 1. The largest absolute Gasteiger partial charge is 0.430 e. The number of likely N-dealkylation sites (tertiary alicyclic amines) is 1. The molecule has 3 aromatic rings. The number of rotatable bonds is 8. The SMILES string of the molecule is CCNC(=O)N1CCC(c2ccc(C(OCc3c(F)cccc3F)(C(F)(F)F)C(F)(F)F)cc2)(S(=O)(=O)c2ccc(F)cc2)CC1. The highest BCUT2D eigenvalue weighted by atomic mass is 32.2. The summed E-state index contributed by atoms with van der Waals surface area (Å²) in [5.74, 6) is -3.62. The Labute approximate surface area is 258 Å². The molecule has 16 heteroatoms. The molecule has 0 unspecified atom stereocenters. The van der Waals surface area contributed by atoms with E-state index >= 15 is 0 Å². The van der Waals surface area contributed by atoms with Crippen LogP contribution in [0.25, 0.3) is 0 Å². The van der Waals surface area contributed by atoms with E-state index in [1.54, 1.807) is 6.92 Å². The molecule has 1 N–H and O–H groups in total. The van der Waals surface area contributed by atoms with Crippen LogP contribution >= 0.6 is 0 Å². The minimum atomic E-state index is -6.20. The van der Waals surface area contributed by atoms with Crippen LogP contribution in [0.4, 0.5) is 44.3 Å². The predicted octanol–water partition coefficient (Wildman–Crippen LogP) is 7.14. The van der Waals surface area contributed by atoms with Crippen LogP contribution in [0.2, 0.25) is 0 Å². The molecule has 0 saturated carbocycles. The van der Waals surface area contributed by atoms with Crippen molar-refractivity contribution in [3.8, 4) is 0 Å². The van der Waals surface area contributed by atoms with Crippen molar-refractivity contribution in [1.29, 1.82) is 0 Å². The zero-order chi connectivity index (χ0) is 34.1. The second kappa shape index (κ2) is 12.8. The number of sulfone groups is 1. The Kier molecular flexibility index (Phi) is 9.74. The van der Waals surface area contributed by atoms with Crippen LogP contribution in [0.5, 0.6) is 0 Å². The predicted molar refractivity (Wildman–Crippen MR) is 147 cm³/mol. The molecule has 0 spiro atoms. The molecular formula is C30H27F9N2O4S. The summed E-state index contributed by atoms with van der Waals surface area (Å²) >= 11 is 0. The van der Waals surface area contributed by atoms with Gasteiger partial charge in [0.15, 0.2) is 9.84 Å². The molecule has 46 heavy (non-hydrogen) atoms. The summed E-state index contributed by atoms with van der Waals surface area (Å²) in [5.41, 5.74) is -7.96. The van der Waals surface area contributed by atoms with Gasteiger partial charge in [-0.15, -0.1) is 0 Å². The van der Waals surface area contributed by atoms with Gasteiger partial charge in [0.05, 0.1) is 11.5 Å². The van der Waals surface area contributed by atoms with E-state index in [1.165, 1.54) is 4.90 Å². The smallest absolute Gasteiger partial charge is 0.349 e. The number of piperidine rings is 1. The Hall–Kier alpha value is -3.79. The fraction of sp³-hybridized carbons (Fsp3) is 0.367. The molecule has 2 amide bonds. The van der Waals surface area contributed by atoms with Crippen molar-refractivity contribution in [2.45, 2.75) is 54.0 Å². The average molecular weight is 683 g/mol. The number of hydrogen-bond donors (Lipinski definition) is 1. The zero-order valence-corrected chi connectivity index (χ0v) is 24.8. The van der Waals surface area contributed by atoms with E-state index in [0.29, 0.717) is 24.3 Å². The lowest BCUT2D eigenvalue weighted by Gasteiger charge is -2.42. The quantitative estimate of drug-likeness (QED) is 0.203. The fourth-order valence-electron chi connectivity index (χ4n) is 5.48. The Morgan fingerprint density at radius 3 is 1.85 bits per heavy atom. The van der Waals surface area contributed by atoms with Crippen LogP contribution in [0.15, 0.2) is 71.6 Å². The third-order valence-electron chi connectivity index (χ3n) is 7.94. The van der Waals surface area contributed by atoms with Crippen LogP contribution in [-0.2, 0) is 31.5 Å². The summed E-state index contributed by atoms with van der Waals surface area (Å²) in [6.45, 7) is -0.134. The Balaban J connectivity index is 1.83. The van der Waals surface area contributed by atoms with Gasteiger partial charge in [-0.2, -0.15) is 26.3 Å². The molecule has 0 atom stereocenters. The van der Waals surface area contributed by atoms with E-state index in [0.717, 1.165) is 42.5 Å². The van der Waals surface area contributed by atoms with Crippen molar-refractivity contribution in [3.05, 3.63) is 101 Å². The van der Waals surface area contributed by atoms with Gasteiger partial charge >= 0.3 is 18.4 Å². The first-order valence-electron chi connectivity index (χ1n) is 13.8. The zero-order valence-electron chi connectivity index (χ0n) is 24.0. The molecule has 1 aliphatic heterocycles. The average Bonchev–Trinajstić information content (AvgIpc) is 2.98. The standard InChI is InChI=1S/C30H27F9N2O4S/c1-2-40-26(42)41-16-14-27(15-17-41,46(43,44)22-12-10-21(31)11-13-22)19-6-8-20(9-7-19)28(29(34,35)36,30(37,38)39)45-18-23-24(32)4-3-5-25(23)33/h3-13H,2,14-18H2,1H3,(H,40,42). The number of ether oxygens (including phenoxy) is 1. The molecule has 0 aromatic heterocycles. The van der Waals surface area contributed by atoms with Crippen molar-refractivity contribution in [2.24, 2.45) is 0 Å². The third kappa shape index (κ3) is 6.16. The Morgan fingerprint density at radius 2 is 1.37 bits per heavy atom. The van der Waals surface area contributed by atoms with Gasteiger partial charge in [-0.25, -0.2) is 26.4 Å². The summed E-state index contributed by atoms with van der Waals surface area (Å²) < 4.78 is 159. The van der Waals surface area contributed by atoms with E-state index in [9.17, 15) is 52.7 Å². The number of benzene rings is 3. The molecular weight excluding hydrogens is 655 g/mol. The van der Waals surface area contributed by atoms with Crippen LogP contribution < -0.4 is 5.32 Å². The molecule has 0 aliphatic carbocycles. The monoisotopic (exact) mass is 682 g/mol. The number of amides is 2. The molecule has 1 aliphatic rings. The second-order valence-electron chi connectivity index (χ2n) is 10.5. The first-order valence-corrected chi connectivity index (χ1v) is 15.2. The molecule has 4 rings (SSSR count). The maximum Gasteiger partial charge on any atom is 0.430 e. The summed E-state index contributed by atoms with van der Waals surface area (Å²) in [6, 6.07) is 7.69. The summed E-state index contributed by atoms with van der Waals surface area (Å²) in [6.07, 6.45) is -13.0. The van der Waals surface area contributed by atoms with E-state index in [-0.39, 0.29) is 42.9 Å². The van der Waals surface area contributed by atoms with Gasteiger partial charge in [0.1, 0.15) is 22.2 Å². The fourth-order valence-corrected chi connectivity index (χ4v) is 7.59. The number of nitrogens with one attached hydrogen (secondary N) is 1. The van der Waals surface area contributed by atoms with Crippen molar-refractivity contribution in [3.63, 3.8) is 0 Å². The number of nitrogens with zero attached hydrogens (tertiary/aromatic N) is 1. The van der Waals surface area contributed by atoms with E-state index in [1.807, 2.05) is 0 Å². The highest BCUT2D eigenvalue weighted by Gasteiger charge is 2.73. The Morgan fingerprint density at radius 1 is 0.848 bits per heavy atom. The first kappa shape index (κ1) is 35.1. The van der Waals surface area contributed by atoms with Gasteiger partial charge in [0.2, 0.25) is 0 Å². The minimum Gasteiger partial charge on any atom is -0.349 e. The summed E-state index contributed by atoms with van der Waals surface area (Å²) in [7, 11) is -4.50. The molecule has 0 radical (unpaired) electrons. The van der Waals surface area contributed by atoms with E-state index in [4.69, 9.17) is 0 Å². The molecule has 1 fully saturated rings. The molecule has 1 saturated heterocycles. The third-order valence-corrected chi connectivity index (χ3v) is 10.5. The first-order chi connectivity index (χ1) is 21.4. The van der Waals surface area contributed by atoms with Crippen LogP contribution in [-0.4, -0.2) is 51.3 Å². The molecule has 3 aromatic carbocycles. The molecule has 0 bridgehead atoms. The normalized spacial score (nSPS) is 15.9. The van der Waals surface area contributed by atoms with Gasteiger partial charge in [-0.05, 0) is 61.7 Å².